The highest BCUT2D eigenvalue weighted by molar-refractivity contribution is 5.80. The lowest BCUT2D eigenvalue weighted by atomic mass is 9.86. The van der Waals surface area contributed by atoms with E-state index in [4.69, 9.17) is 0 Å². The van der Waals surface area contributed by atoms with Crippen molar-refractivity contribution in [2.24, 2.45) is 5.92 Å². The van der Waals surface area contributed by atoms with Gasteiger partial charge in [0, 0.05) is 61.0 Å². The summed E-state index contributed by atoms with van der Waals surface area (Å²) in [6.07, 6.45) is 4.92. The van der Waals surface area contributed by atoms with Crippen LogP contribution in [-0.2, 0) is 17.6 Å². The molecule has 0 aromatic carbocycles. The van der Waals surface area contributed by atoms with E-state index in [1.54, 1.807) is 6.07 Å². The van der Waals surface area contributed by atoms with Crippen molar-refractivity contribution in [2.75, 3.05) is 6.54 Å². The highest BCUT2D eigenvalue weighted by Crippen LogP contribution is 2.26. The summed E-state index contributed by atoms with van der Waals surface area (Å²) >= 11 is 0. The fraction of sp³-hybridized carbons (Fsp3) is 0.714. The third kappa shape index (κ3) is 4.60. The van der Waals surface area contributed by atoms with Gasteiger partial charge in [-0.1, -0.05) is 13.8 Å². The Balaban J connectivity index is 2.26. The number of carbonyl (C=O) groups is 1. The number of aryl methyl sites for hydroxylation is 1. The maximum Gasteiger partial charge on any atom is 0.185 e. The van der Waals surface area contributed by atoms with Crippen molar-refractivity contribution in [3.63, 3.8) is 0 Å². The number of ketones is 1. The maximum atomic E-state index is 12.6. The predicted octanol–water partition coefficient (Wildman–Crippen LogP) is 3.61. The third-order valence-electron chi connectivity index (χ3n) is 5.53. The first-order chi connectivity index (χ1) is 11.7. The van der Waals surface area contributed by atoms with Crippen LogP contribution in [0.3, 0.4) is 0 Å². The summed E-state index contributed by atoms with van der Waals surface area (Å²) in [5, 5.41) is 0. The number of Topliss-reactive ketones (excluding diaryl/α,β-unsaturated/α-hetero) is 1. The Bertz CT molecular complexity index is 660. The zero-order valence-corrected chi connectivity index (χ0v) is 16.7. The maximum absolute atomic E-state index is 12.6. The quantitative estimate of drug-likeness (QED) is 0.790. The molecule has 1 saturated heterocycles. The Morgan fingerprint density at radius 1 is 1.12 bits per heavy atom. The van der Waals surface area contributed by atoms with E-state index in [0.29, 0.717) is 30.7 Å². The van der Waals surface area contributed by atoms with Gasteiger partial charge in [-0.05, 0) is 46.5 Å². The van der Waals surface area contributed by atoms with Crippen molar-refractivity contribution >= 4 is 5.78 Å². The fourth-order valence-corrected chi connectivity index (χ4v) is 4.08. The van der Waals surface area contributed by atoms with Crippen molar-refractivity contribution in [1.82, 2.24) is 9.47 Å². The van der Waals surface area contributed by atoms with Crippen molar-refractivity contribution < 1.29 is 4.79 Å². The van der Waals surface area contributed by atoms with Crippen LogP contribution in [0, 0.1) is 5.92 Å². The summed E-state index contributed by atoms with van der Waals surface area (Å²) in [7, 11) is 0. The highest BCUT2D eigenvalue weighted by Gasteiger charge is 2.32. The second-order valence-corrected chi connectivity index (χ2v) is 8.08. The fourth-order valence-electron chi connectivity index (χ4n) is 4.08. The van der Waals surface area contributed by atoms with Gasteiger partial charge in [-0.15, -0.1) is 0 Å². The average molecular weight is 347 g/mol. The SMILES string of the molecule is CCc1cc(=O)c(CC(C)C2CC(=O)CCN2C(C)C)cn1C(C)C. The molecule has 140 valence electrons. The van der Waals surface area contributed by atoms with E-state index in [1.807, 2.05) is 6.20 Å². The summed E-state index contributed by atoms with van der Waals surface area (Å²) < 4.78 is 2.22. The number of piperidine rings is 1. The Morgan fingerprint density at radius 2 is 1.80 bits per heavy atom. The van der Waals surface area contributed by atoms with Crippen LogP contribution >= 0.6 is 0 Å². The molecule has 0 amide bonds. The summed E-state index contributed by atoms with van der Waals surface area (Å²) in [5.41, 5.74) is 2.10. The first kappa shape index (κ1) is 19.9. The molecule has 2 unspecified atom stereocenters. The van der Waals surface area contributed by atoms with E-state index in [0.717, 1.165) is 30.6 Å². The summed E-state index contributed by atoms with van der Waals surface area (Å²) in [4.78, 5) is 27.0. The minimum absolute atomic E-state index is 0.138. The Labute approximate surface area is 152 Å². The van der Waals surface area contributed by atoms with Crippen LogP contribution in [-0.4, -0.2) is 33.9 Å². The summed E-state index contributed by atoms with van der Waals surface area (Å²) in [6, 6.07) is 2.80. The van der Waals surface area contributed by atoms with Gasteiger partial charge >= 0.3 is 0 Å². The lowest BCUT2D eigenvalue weighted by Gasteiger charge is -2.41. The number of nitrogens with zero attached hydrogens (tertiary/aromatic N) is 2. The zero-order valence-electron chi connectivity index (χ0n) is 16.7. The second-order valence-electron chi connectivity index (χ2n) is 8.08. The molecule has 1 aliphatic rings. The van der Waals surface area contributed by atoms with Gasteiger partial charge in [-0.2, -0.15) is 0 Å². The molecule has 0 spiro atoms. The number of hydrogen-bond acceptors (Lipinski definition) is 3. The number of pyridine rings is 1. The molecule has 0 saturated carbocycles. The molecule has 25 heavy (non-hydrogen) atoms. The molecule has 1 fully saturated rings. The molecule has 0 aliphatic carbocycles. The molecule has 1 aliphatic heterocycles. The number of rotatable bonds is 6. The minimum atomic E-state index is 0.138. The topological polar surface area (TPSA) is 42.3 Å². The number of hydrogen-bond donors (Lipinski definition) is 0. The Hall–Kier alpha value is -1.42. The zero-order chi connectivity index (χ0) is 18.7. The van der Waals surface area contributed by atoms with Gasteiger partial charge in [-0.25, -0.2) is 0 Å². The smallest absolute Gasteiger partial charge is 0.185 e. The Morgan fingerprint density at radius 3 is 2.36 bits per heavy atom. The molecule has 2 rings (SSSR count). The van der Waals surface area contributed by atoms with Gasteiger partial charge in [0.15, 0.2) is 5.43 Å². The molecule has 2 atom stereocenters. The van der Waals surface area contributed by atoms with Crippen molar-refractivity contribution in [1.29, 1.82) is 0 Å². The Kier molecular flexibility index (Phi) is 6.61. The number of carbonyl (C=O) groups excluding carboxylic acids is 1. The van der Waals surface area contributed by atoms with Crippen LogP contribution in [0.2, 0.25) is 0 Å². The van der Waals surface area contributed by atoms with Crippen LogP contribution in [0.4, 0.5) is 0 Å². The minimum Gasteiger partial charge on any atom is -0.348 e. The van der Waals surface area contributed by atoms with E-state index in [9.17, 15) is 9.59 Å². The van der Waals surface area contributed by atoms with Crippen LogP contribution in [0.1, 0.15) is 71.7 Å². The van der Waals surface area contributed by atoms with Crippen LogP contribution in [0.15, 0.2) is 17.1 Å². The van der Waals surface area contributed by atoms with E-state index < -0.39 is 0 Å². The second kappa shape index (κ2) is 8.31. The first-order valence-corrected chi connectivity index (χ1v) is 9.75. The van der Waals surface area contributed by atoms with E-state index in [2.05, 4.69) is 51.0 Å². The molecular formula is C21H34N2O2. The van der Waals surface area contributed by atoms with Crippen LogP contribution < -0.4 is 5.43 Å². The monoisotopic (exact) mass is 346 g/mol. The molecule has 4 nitrogen and oxygen atoms in total. The number of likely N-dealkylation sites (tertiary alicyclic amines) is 1. The van der Waals surface area contributed by atoms with Crippen molar-refractivity contribution in [2.45, 2.75) is 85.4 Å². The van der Waals surface area contributed by atoms with Gasteiger partial charge in [0.1, 0.15) is 5.78 Å². The average Bonchev–Trinajstić information content (AvgIpc) is 2.55. The van der Waals surface area contributed by atoms with E-state index in [1.165, 1.54) is 0 Å². The normalized spacial score (nSPS) is 20.5. The lowest BCUT2D eigenvalue weighted by molar-refractivity contribution is -0.124. The summed E-state index contributed by atoms with van der Waals surface area (Å²) in [6.45, 7) is 13.8. The molecule has 1 aromatic heterocycles. The molecule has 2 heterocycles. The molecule has 1 aromatic rings. The molecule has 0 N–H and O–H groups in total. The third-order valence-corrected chi connectivity index (χ3v) is 5.53. The first-order valence-electron chi connectivity index (χ1n) is 9.75. The van der Waals surface area contributed by atoms with Crippen molar-refractivity contribution in [3.05, 3.63) is 33.7 Å². The molecule has 0 radical (unpaired) electrons. The van der Waals surface area contributed by atoms with E-state index in [-0.39, 0.29) is 17.4 Å². The standard InChI is InChI=1S/C21H34N2O2/c1-7-18-11-21(25)17(13-23(18)15(4)5)10-16(6)20-12-19(24)8-9-22(20)14(2)3/h11,13-16,20H,7-10,12H2,1-6H3. The number of aromatic nitrogens is 1. The molecule has 0 bridgehead atoms. The van der Waals surface area contributed by atoms with E-state index >= 15 is 0 Å². The van der Waals surface area contributed by atoms with Gasteiger partial charge in [0.2, 0.25) is 0 Å². The van der Waals surface area contributed by atoms with Gasteiger partial charge < -0.3 is 4.57 Å². The lowest BCUT2D eigenvalue weighted by Crippen LogP contribution is -2.50. The largest absolute Gasteiger partial charge is 0.348 e. The van der Waals surface area contributed by atoms with Gasteiger partial charge in [0.25, 0.3) is 0 Å². The van der Waals surface area contributed by atoms with Gasteiger partial charge in [-0.3, -0.25) is 14.5 Å². The highest BCUT2D eigenvalue weighted by atomic mass is 16.1. The predicted molar refractivity (Wildman–Crippen MR) is 103 cm³/mol. The van der Waals surface area contributed by atoms with Crippen LogP contribution in [0.5, 0.6) is 0 Å². The summed E-state index contributed by atoms with van der Waals surface area (Å²) in [5.74, 6) is 0.641. The van der Waals surface area contributed by atoms with Gasteiger partial charge in [0.05, 0.1) is 0 Å². The molecule has 4 heteroatoms. The van der Waals surface area contributed by atoms with Crippen LogP contribution in [0.25, 0.3) is 0 Å². The molecular weight excluding hydrogens is 312 g/mol. The van der Waals surface area contributed by atoms with Crippen molar-refractivity contribution in [3.8, 4) is 0 Å².